The van der Waals surface area contributed by atoms with Crippen LogP contribution in [0.2, 0.25) is 0 Å². The Morgan fingerprint density at radius 2 is 1.78 bits per heavy atom. The van der Waals surface area contributed by atoms with Gasteiger partial charge in [-0.25, -0.2) is 0 Å². The molecule has 2 aromatic carbocycles. The van der Waals surface area contributed by atoms with Gasteiger partial charge in [0.05, 0.1) is 12.0 Å². The average molecular weight is 311 g/mol. The van der Waals surface area contributed by atoms with Gasteiger partial charge in [0.1, 0.15) is 12.4 Å². The molecule has 120 valence electrons. The highest BCUT2D eigenvalue weighted by atomic mass is 16.5. The van der Waals surface area contributed by atoms with Crippen molar-refractivity contribution in [2.24, 2.45) is 0 Å². The van der Waals surface area contributed by atoms with Gasteiger partial charge in [0.2, 0.25) is 5.91 Å². The molecule has 0 heterocycles. The minimum absolute atomic E-state index is 0.0158. The maximum atomic E-state index is 12.8. The Bertz CT molecular complexity index is 648. The fraction of sp³-hybridized carbons (Fsp3) is 0.316. The van der Waals surface area contributed by atoms with E-state index in [1.165, 1.54) is 0 Å². The Morgan fingerprint density at radius 1 is 1.09 bits per heavy atom. The van der Waals surface area contributed by atoms with E-state index in [2.05, 4.69) is 5.32 Å². The quantitative estimate of drug-likeness (QED) is 0.862. The second-order valence-electron chi connectivity index (χ2n) is 5.85. The zero-order valence-electron chi connectivity index (χ0n) is 13.0. The van der Waals surface area contributed by atoms with Gasteiger partial charge in [0, 0.05) is 5.69 Å². The Kier molecular flexibility index (Phi) is 4.63. The lowest BCUT2D eigenvalue weighted by Crippen LogP contribution is -2.45. The van der Waals surface area contributed by atoms with Crippen LogP contribution in [-0.2, 0) is 10.2 Å². The first-order chi connectivity index (χ1) is 11.2. The highest BCUT2D eigenvalue weighted by Gasteiger charge is 2.45. The molecule has 0 spiro atoms. The van der Waals surface area contributed by atoms with Gasteiger partial charge in [-0.1, -0.05) is 36.8 Å². The van der Waals surface area contributed by atoms with Crippen LogP contribution in [0.25, 0.3) is 0 Å². The first-order valence-electron chi connectivity index (χ1n) is 7.95. The Hall–Kier alpha value is -2.33. The molecule has 4 heteroatoms. The molecular formula is C19H21NO3. The number of aliphatic hydroxyl groups is 1. The molecule has 0 bridgehead atoms. The SMILES string of the molecule is O=C(Nc1ccc(OCCO)cc1)C1(c2ccccc2)CCC1. The minimum atomic E-state index is -0.396. The topological polar surface area (TPSA) is 58.6 Å². The van der Waals surface area contributed by atoms with E-state index in [4.69, 9.17) is 9.84 Å². The van der Waals surface area contributed by atoms with Crippen LogP contribution in [0.4, 0.5) is 5.69 Å². The summed E-state index contributed by atoms with van der Waals surface area (Å²) in [5.41, 5.74) is 1.45. The summed E-state index contributed by atoms with van der Waals surface area (Å²) in [6.45, 7) is 0.251. The number of hydrogen-bond donors (Lipinski definition) is 2. The summed E-state index contributed by atoms with van der Waals surface area (Å²) in [7, 11) is 0. The van der Waals surface area contributed by atoms with Gasteiger partial charge < -0.3 is 15.2 Å². The standard InChI is InChI=1S/C19H21NO3/c21-13-14-23-17-9-7-16(8-10-17)20-18(22)19(11-4-12-19)15-5-2-1-3-6-15/h1-3,5-10,21H,4,11-14H2,(H,20,22). The van der Waals surface area contributed by atoms with Crippen LogP contribution in [0.3, 0.4) is 0 Å². The molecule has 0 saturated heterocycles. The molecule has 0 aliphatic heterocycles. The van der Waals surface area contributed by atoms with Crippen molar-refractivity contribution in [3.05, 3.63) is 60.2 Å². The molecule has 1 amide bonds. The van der Waals surface area contributed by atoms with Gasteiger partial charge >= 0.3 is 0 Å². The number of amides is 1. The lowest BCUT2D eigenvalue weighted by Gasteiger charge is -2.40. The van der Waals surface area contributed by atoms with Crippen molar-refractivity contribution in [2.75, 3.05) is 18.5 Å². The van der Waals surface area contributed by atoms with Gasteiger partial charge in [-0.15, -0.1) is 0 Å². The van der Waals surface area contributed by atoms with Gasteiger partial charge in [0.15, 0.2) is 0 Å². The van der Waals surface area contributed by atoms with Crippen molar-refractivity contribution in [1.29, 1.82) is 0 Å². The second-order valence-corrected chi connectivity index (χ2v) is 5.85. The van der Waals surface area contributed by atoms with Gasteiger partial charge in [-0.3, -0.25) is 4.79 Å². The van der Waals surface area contributed by atoms with Crippen molar-refractivity contribution in [3.8, 4) is 5.75 Å². The molecule has 0 aromatic heterocycles. The maximum Gasteiger partial charge on any atom is 0.235 e. The van der Waals surface area contributed by atoms with Crippen molar-refractivity contribution in [2.45, 2.75) is 24.7 Å². The molecule has 1 saturated carbocycles. The van der Waals surface area contributed by atoms with E-state index in [9.17, 15) is 4.79 Å². The monoisotopic (exact) mass is 311 g/mol. The molecular weight excluding hydrogens is 290 g/mol. The molecule has 23 heavy (non-hydrogen) atoms. The molecule has 1 aliphatic carbocycles. The third-order valence-corrected chi connectivity index (χ3v) is 4.44. The van der Waals surface area contributed by atoms with Crippen LogP contribution in [0.15, 0.2) is 54.6 Å². The van der Waals surface area contributed by atoms with E-state index >= 15 is 0 Å². The van der Waals surface area contributed by atoms with Crippen molar-refractivity contribution in [3.63, 3.8) is 0 Å². The van der Waals surface area contributed by atoms with Crippen molar-refractivity contribution < 1.29 is 14.6 Å². The number of rotatable bonds is 6. The fourth-order valence-corrected chi connectivity index (χ4v) is 2.98. The predicted octanol–water partition coefficient (Wildman–Crippen LogP) is 3.12. The first-order valence-corrected chi connectivity index (χ1v) is 7.95. The third kappa shape index (κ3) is 3.22. The Labute approximate surface area is 136 Å². The maximum absolute atomic E-state index is 12.8. The zero-order chi connectivity index (χ0) is 16.1. The van der Waals surface area contributed by atoms with E-state index in [1.807, 2.05) is 42.5 Å². The fourth-order valence-electron chi connectivity index (χ4n) is 2.98. The number of carbonyl (C=O) groups is 1. The first kappa shape index (κ1) is 15.6. The summed E-state index contributed by atoms with van der Waals surface area (Å²) in [5.74, 6) is 0.734. The number of carbonyl (C=O) groups excluding carboxylic acids is 1. The van der Waals surface area contributed by atoms with Crippen molar-refractivity contribution >= 4 is 11.6 Å². The van der Waals surface area contributed by atoms with Crippen LogP contribution < -0.4 is 10.1 Å². The van der Waals surface area contributed by atoms with Crippen LogP contribution in [0.1, 0.15) is 24.8 Å². The lowest BCUT2D eigenvalue weighted by atomic mass is 9.64. The van der Waals surface area contributed by atoms with E-state index in [0.717, 1.165) is 30.5 Å². The Morgan fingerprint density at radius 3 is 2.35 bits per heavy atom. The average Bonchev–Trinajstić information content (AvgIpc) is 2.54. The molecule has 1 fully saturated rings. The van der Waals surface area contributed by atoms with Crippen LogP contribution in [0.5, 0.6) is 5.75 Å². The molecule has 2 aromatic rings. The van der Waals surface area contributed by atoms with Crippen LogP contribution in [0, 0.1) is 0 Å². The molecule has 0 atom stereocenters. The van der Waals surface area contributed by atoms with Gasteiger partial charge in [-0.2, -0.15) is 0 Å². The van der Waals surface area contributed by atoms with E-state index in [1.54, 1.807) is 12.1 Å². The summed E-state index contributed by atoms with van der Waals surface area (Å²) in [5, 5.41) is 11.8. The number of ether oxygens (including phenoxy) is 1. The lowest BCUT2D eigenvalue weighted by molar-refractivity contribution is -0.124. The highest BCUT2D eigenvalue weighted by Crippen LogP contribution is 2.44. The summed E-state index contributed by atoms with van der Waals surface area (Å²) in [6.07, 6.45) is 2.86. The second kappa shape index (κ2) is 6.84. The Balaban J connectivity index is 1.71. The number of benzene rings is 2. The van der Waals surface area contributed by atoms with Crippen LogP contribution in [-0.4, -0.2) is 24.2 Å². The normalized spacial score (nSPS) is 15.5. The molecule has 0 unspecified atom stereocenters. The zero-order valence-corrected chi connectivity index (χ0v) is 13.0. The number of nitrogens with one attached hydrogen (secondary N) is 1. The van der Waals surface area contributed by atoms with E-state index in [-0.39, 0.29) is 19.1 Å². The summed E-state index contributed by atoms with van der Waals surface area (Å²) in [6, 6.07) is 17.2. The number of anilines is 1. The summed E-state index contributed by atoms with van der Waals surface area (Å²) in [4.78, 5) is 12.8. The minimum Gasteiger partial charge on any atom is -0.491 e. The predicted molar refractivity (Wildman–Crippen MR) is 89.6 cm³/mol. The molecule has 1 aliphatic rings. The van der Waals surface area contributed by atoms with E-state index in [0.29, 0.717) is 5.75 Å². The van der Waals surface area contributed by atoms with Gasteiger partial charge in [0.25, 0.3) is 0 Å². The summed E-state index contributed by atoms with van der Waals surface area (Å²) < 4.78 is 5.32. The largest absolute Gasteiger partial charge is 0.491 e. The molecule has 3 rings (SSSR count). The number of hydrogen-bond acceptors (Lipinski definition) is 3. The van der Waals surface area contributed by atoms with Crippen molar-refractivity contribution in [1.82, 2.24) is 0 Å². The third-order valence-electron chi connectivity index (χ3n) is 4.44. The number of aliphatic hydroxyl groups excluding tert-OH is 1. The van der Waals surface area contributed by atoms with Crippen LogP contribution >= 0.6 is 0 Å². The van der Waals surface area contributed by atoms with E-state index < -0.39 is 5.41 Å². The molecule has 4 nitrogen and oxygen atoms in total. The highest BCUT2D eigenvalue weighted by molar-refractivity contribution is 5.99. The molecule has 2 N–H and O–H groups in total. The van der Waals surface area contributed by atoms with Gasteiger partial charge in [-0.05, 0) is 42.7 Å². The smallest absolute Gasteiger partial charge is 0.235 e. The summed E-state index contributed by atoms with van der Waals surface area (Å²) >= 11 is 0. The molecule has 0 radical (unpaired) electrons.